The van der Waals surface area contributed by atoms with Crippen molar-refractivity contribution in [2.45, 2.75) is 10.3 Å². The van der Waals surface area contributed by atoms with Gasteiger partial charge >= 0.3 is 0 Å². The Hall–Kier alpha value is -2.15. The number of rotatable bonds is 5. The van der Waals surface area contributed by atoms with Gasteiger partial charge in [0.05, 0.1) is 7.11 Å². The lowest BCUT2D eigenvalue weighted by Crippen LogP contribution is -2.13. The predicted molar refractivity (Wildman–Crippen MR) is 103 cm³/mol. The van der Waals surface area contributed by atoms with Crippen molar-refractivity contribution < 1.29 is 4.74 Å². The van der Waals surface area contributed by atoms with Gasteiger partial charge in [0.1, 0.15) is 5.75 Å². The molecule has 0 unspecified atom stereocenters. The number of nitrogens with one attached hydrogen (secondary N) is 1. The Morgan fingerprint density at radius 3 is 2.42 bits per heavy atom. The monoisotopic (exact) mass is 409 g/mol. The molecule has 0 saturated heterocycles. The summed E-state index contributed by atoms with van der Waals surface area (Å²) in [6, 6.07) is 11.0. The molecule has 134 valence electrons. The summed E-state index contributed by atoms with van der Waals surface area (Å²) in [6.45, 7) is 0.471. The number of hydrogen-bond acceptors (Lipinski definition) is 6. The second kappa shape index (κ2) is 8.03. The highest BCUT2D eigenvalue weighted by atomic mass is 35.6. The molecule has 0 aliphatic rings. The van der Waals surface area contributed by atoms with Gasteiger partial charge in [-0.15, -0.1) is 0 Å². The van der Waals surface area contributed by atoms with Crippen LogP contribution in [0, 0.1) is 0 Å². The second-order valence-corrected chi connectivity index (χ2v) is 7.53. The van der Waals surface area contributed by atoms with Gasteiger partial charge in [0.25, 0.3) is 0 Å². The van der Waals surface area contributed by atoms with Gasteiger partial charge in [0, 0.05) is 24.5 Å². The molecule has 2 aromatic heterocycles. The van der Waals surface area contributed by atoms with E-state index in [1.165, 1.54) is 0 Å². The maximum atomic E-state index is 5.98. The maximum absolute atomic E-state index is 5.98. The molecule has 0 amide bonds. The van der Waals surface area contributed by atoms with Crippen LogP contribution in [0.15, 0.2) is 48.8 Å². The van der Waals surface area contributed by atoms with Crippen molar-refractivity contribution in [2.24, 2.45) is 0 Å². The van der Waals surface area contributed by atoms with Crippen LogP contribution in [0.1, 0.15) is 11.4 Å². The normalized spacial score (nSPS) is 11.2. The Morgan fingerprint density at radius 2 is 1.81 bits per heavy atom. The third-order valence-electron chi connectivity index (χ3n) is 3.41. The third-order valence-corrected chi connectivity index (χ3v) is 3.92. The van der Waals surface area contributed by atoms with E-state index in [1.54, 1.807) is 31.6 Å². The van der Waals surface area contributed by atoms with Crippen LogP contribution >= 0.6 is 34.8 Å². The summed E-state index contributed by atoms with van der Waals surface area (Å²) in [4.78, 5) is 17.0. The lowest BCUT2D eigenvalue weighted by Gasteiger charge is -2.13. The number of aromatic nitrogens is 4. The molecule has 0 fully saturated rings. The second-order valence-electron chi connectivity index (χ2n) is 5.25. The molecule has 0 radical (unpaired) electrons. The number of alkyl halides is 3. The average Bonchev–Trinajstić information content (AvgIpc) is 2.66. The minimum absolute atomic E-state index is 0.0389. The third kappa shape index (κ3) is 4.72. The van der Waals surface area contributed by atoms with Gasteiger partial charge in [-0.25, -0.2) is 4.98 Å². The topological polar surface area (TPSA) is 72.8 Å². The Kier molecular flexibility index (Phi) is 5.76. The van der Waals surface area contributed by atoms with Crippen LogP contribution in [0.5, 0.6) is 5.75 Å². The number of methoxy groups -OCH3 is 1. The number of halogens is 3. The molecule has 0 aliphatic heterocycles. The van der Waals surface area contributed by atoms with Crippen molar-refractivity contribution in [2.75, 3.05) is 12.4 Å². The molecular formula is C17H14Cl3N5O. The zero-order chi connectivity index (χ0) is 18.6. The van der Waals surface area contributed by atoms with Gasteiger partial charge in [-0.3, -0.25) is 4.98 Å². The van der Waals surface area contributed by atoms with Crippen LogP contribution in [-0.2, 0) is 10.3 Å². The number of benzene rings is 1. The number of pyridine rings is 1. The lowest BCUT2D eigenvalue weighted by atomic mass is 10.2. The van der Waals surface area contributed by atoms with Gasteiger partial charge in [0.15, 0.2) is 11.6 Å². The number of ether oxygens (including phenoxy) is 1. The molecule has 3 rings (SSSR count). The predicted octanol–water partition coefficient (Wildman–Crippen LogP) is 4.38. The van der Waals surface area contributed by atoms with Crippen molar-refractivity contribution in [1.29, 1.82) is 0 Å². The van der Waals surface area contributed by atoms with E-state index in [-0.39, 0.29) is 5.82 Å². The molecular weight excluding hydrogens is 397 g/mol. The Labute approximate surface area is 165 Å². The highest BCUT2D eigenvalue weighted by Crippen LogP contribution is 2.37. The van der Waals surface area contributed by atoms with Gasteiger partial charge < -0.3 is 10.1 Å². The van der Waals surface area contributed by atoms with E-state index in [4.69, 9.17) is 39.5 Å². The molecule has 0 atom stereocenters. The molecule has 1 N–H and O–H groups in total. The summed E-state index contributed by atoms with van der Waals surface area (Å²) < 4.78 is 3.39. The molecule has 9 heteroatoms. The Morgan fingerprint density at radius 1 is 1.04 bits per heavy atom. The van der Waals surface area contributed by atoms with E-state index in [2.05, 4.69) is 25.3 Å². The first-order valence-electron chi connectivity index (χ1n) is 7.56. The first kappa shape index (κ1) is 18.6. The van der Waals surface area contributed by atoms with Gasteiger partial charge in [-0.1, -0.05) is 40.9 Å². The largest absolute Gasteiger partial charge is 0.497 e. The van der Waals surface area contributed by atoms with Crippen molar-refractivity contribution >= 4 is 40.8 Å². The average molecular weight is 411 g/mol. The highest BCUT2D eigenvalue weighted by Gasteiger charge is 2.28. The number of nitrogens with zero attached hydrogens (tertiary/aromatic N) is 4. The smallest absolute Gasteiger partial charge is 0.250 e. The van der Waals surface area contributed by atoms with Crippen molar-refractivity contribution in [3.8, 4) is 17.1 Å². The summed E-state index contributed by atoms with van der Waals surface area (Å²) in [7, 11) is 1.60. The van der Waals surface area contributed by atoms with Crippen molar-refractivity contribution in [3.05, 3.63) is 60.2 Å². The highest BCUT2D eigenvalue weighted by molar-refractivity contribution is 6.66. The minimum Gasteiger partial charge on any atom is -0.497 e. The summed E-state index contributed by atoms with van der Waals surface area (Å²) in [5, 5.41) is 3.10. The molecule has 3 aromatic rings. The van der Waals surface area contributed by atoms with Gasteiger partial charge in [-0.2, -0.15) is 9.97 Å². The van der Waals surface area contributed by atoms with E-state index in [0.717, 1.165) is 16.9 Å². The van der Waals surface area contributed by atoms with Crippen molar-refractivity contribution in [1.82, 2.24) is 19.9 Å². The summed E-state index contributed by atoms with van der Waals surface area (Å²) in [5.41, 5.74) is 1.71. The molecule has 6 nitrogen and oxygen atoms in total. The standard InChI is InChI=1S/C17H14Cl3N5O/c1-26-13-6-4-12(5-7-13)14-23-15(17(18,19)20)25-16(24-14)22-10-11-3-2-8-21-9-11/h2-9H,10H2,1H3,(H,22,23,24,25). The fourth-order valence-corrected chi connectivity index (χ4v) is 2.39. The van der Waals surface area contributed by atoms with Gasteiger partial charge in [-0.05, 0) is 35.9 Å². The molecule has 26 heavy (non-hydrogen) atoms. The summed E-state index contributed by atoms with van der Waals surface area (Å²) >= 11 is 17.9. The zero-order valence-corrected chi connectivity index (χ0v) is 15.9. The molecule has 0 bridgehead atoms. The summed E-state index contributed by atoms with van der Waals surface area (Å²) in [6.07, 6.45) is 3.45. The van der Waals surface area contributed by atoms with Crippen LogP contribution in [0.4, 0.5) is 5.95 Å². The Bertz CT molecular complexity index is 870. The fourth-order valence-electron chi connectivity index (χ4n) is 2.13. The van der Waals surface area contributed by atoms with E-state index >= 15 is 0 Å². The van der Waals surface area contributed by atoms with E-state index in [0.29, 0.717) is 18.3 Å². The fraction of sp³-hybridized carbons (Fsp3) is 0.176. The first-order valence-corrected chi connectivity index (χ1v) is 8.69. The number of hydrogen-bond donors (Lipinski definition) is 1. The molecule has 2 heterocycles. The minimum atomic E-state index is -1.77. The van der Waals surface area contributed by atoms with Crippen LogP contribution in [0.25, 0.3) is 11.4 Å². The van der Waals surface area contributed by atoms with Gasteiger partial charge in [0.2, 0.25) is 9.74 Å². The van der Waals surface area contributed by atoms with Crippen molar-refractivity contribution in [3.63, 3.8) is 0 Å². The van der Waals surface area contributed by atoms with Crippen LogP contribution in [-0.4, -0.2) is 27.0 Å². The lowest BCUT2D eigenvalue weighted by molar-refractivity contribution is 0.415. The van der Waals surface area contributed by atoms with Crippen LogP contribution in [0.2, 0.25) is 0 Å². The maximum Gasteiger partial charge on any atom is 0.250 e. The van der Waals surface area contributed by atoms with Crippen LogP contribution in [0.3, 0.4) is 0 Å². The molecule has 0 aliphatic carbocycles. The van der Waals surface area contributed by atoms with E-state index in [9.17, 15) is 0 Å². The molecule has 0 saturated carbocycles. The first-order chi connectivity index (χ1) is 12.5. The quantitative estimate of drug-likeness (QED) is 0.629. The molecule has 0 spiro atoms. The number of anilines is 1. The van der Waals surface area contributed by atoms with E-state index < -0.39 is 3.79 Å². The Balaban J connectivity index is 1.93. The summed E-state index contributed by atoms with van der Waals surface area (Å²) in [5.74, 6) is 1.45. The van der Waals surface area contributed by atoms with E-state index in [1.807, 2.05) is 24.3 Å². The molecule has 1 aromatic carbocycles. The zero-order valence-electron chi connectivity index (χ0n) is 13.7. The van der Waals surface area contributed by atoms with Crippen LogP contribution < -0.4 is 10.1 Å². The SMILES string of the molecule is COc1ccc(-c2nc(NCc3cccnc3)nc(C(Cl)(Cl)Cl)n2)cc1.